The Morgan fingerprint density at radius 2 is 1.42 bits per heavy atom. The van der Waals surface area contributed by atoms with Gasteiger partial charge in [-0.15, -0.1) is 41.3 Å². The van der Waals surface area contributed by atoms with Crippen LogP contribution in [0.5, 0.6) is 11.5 Å². The third-order valence-electron chi connectivity index (χ3n) is 9.24. The Hall–Kier alpha value is -5.35. The monoisotopic (exact) mass is 771 g/mol. The van der Waals surface area contributed by atoms with E-state index in [-0.39, 0.29) is 31.3 Å². The summed E-state index contributed by atoms with van der Waals surface area (Å²) in [6.07, 6.45) is 5.67. The fourth-order valence-electron chi connectivity index (χ4n) is 6.53. The van der Waals surface area contributed by atoms with Gasteiger partial charge < -0.3 is 13.9 Å². The van der Waals surface area contributed by atoms with Crippen molar-refractivity contribution < 1.29 is 25.2 Å². The van der Waals surface area contributed by atoms with Crippen LogP contribution in [0.4, 0.5) is 0 Å². The second kappa shape index (κ2) is 13.7. The molecule has 0 amide bonds. The second-order valence-corrected chi connectivity index (χ2v) is 14.9. The molecule has 0 spiro atoms. The molecular formula is C45H39N5OPd. The fourth-order valence-corrected chi connectivity index (χ4v) is 6.53. The van der Waals surface area contributed by atoms with Crippen LogP contribution >= 0.6 is 0 Å². The molecule has 0 N–H and O–H groups in total. The van der Waals surface area contributed by atoms with Crippen molar-refractivity contribution in [2.75, 3.05) is 0 Å². The minimum atomic E-state index is -0.122. The zero-order valence-electron chi connectivity index (χ0n) is 30.1. The van der Waals surface area contributed by atoms with Crippen LogP contribution in [0.3, 0.4) is 0 Å². The summed E-state index contributed by atoms with van der Waals surface area (Å²) in [6.45, 7) is 13.2. The molecule has 0 aliphatic heterocycles. The van der Waals surface area contributed by atoms with Gasteiger partial charge in [0.1, 0.15) is 0 Å². The van der Waals surface area contributed by atoms with Crippen molar-refractivity contribution in [3.05, 3.63) is 151 Å². The number of aromatic nitrogens is 5. The van der Waals surface area contributed by atoms with Crippen molar-refractivity contribution in [3.8, 4) is 45.6 Å². The van der Waals surface area contributed by atoms with Crippen molar-refractivity contribution in [2.24, 2.45) is 0 Å². The molecule has 0 radical (unpaired) electrons. The standard InChI is InChI=1S/C45H39N5O.Pd/c1-44(2,3)32-19-22-38(37(28-32)30-13-8-7-9-14-30)49-26-25-46-42(49)31-15-12-16-33(27-31)51-34-20-21-36-35-17-10-11-18-39(35)50(40(36)29-34)43-47-24-23-41(48-43)45(4,5)6;/h7-26,28H,1-6H3;/q-2;+2. The average molecular weight is 772 g/mol. The molecule has 260 valence electrons. The van der Waals surface area contributed by atoms with Gasteiger partial charge in [-0.3, -0.25) is 4.98 Å². The van der Waals surface area contributed by atoms with Gasteiger partial charge in [0, 0.05) is 52.3 Å². The molecule has 3 aromatic heterocycles. The number of nitrogens with zero attached hydrogens (tertiary/aromatic N) is 5. The van der Waals surface area contributed by atoms with E-state index in [1.165, 1.54) is 5.56 Å². The number of ether oxygens (including phenoxy) is 1. The van der Waals surface area contributed by atoms with E-state index in [2.05, 4.69) is 130 Å². The summed E-state index contributed by atoms with van der Waals surface area (Å²) >= 11 is 0. The second-order valence-electron chi connectivity index (χ2n) is 14.9. The number of imidazole rings is 1. The van der Waals surface area contributed by atoms with Crippen molar-refractivity contribution in [2.45, 2.75) is 52.4 Å². The fraction of sp³-hybridized carbons (Fsp3) is 0.178. The molecule has 3 heterocycles. The van der Waals surface area contributed by atoms with E-state index in [1.54, 1.807) is 0 Å². The summed E-state index contributed by atoms with van der Waals surface area (Å²) in [6, 6.07) is 44.5. The Morgan fingerprint density at radius 1 is 0.654 bits per heavy atom. The van der Waals surface area contributed by atoms with Gasteiger partial charge in [0.15, 0.2) is 0 Å². The SMILES string of the molecule is CC(C)(C)c1ccc(-n2ccnc2-c2[c-]c(Oc3[c-]c4c(cc3)c3ccccc3n4-c3nccc(C(C)(C)C)n3)ccc2)c(-c2ccccc2)c1.[Pd+2]. The molecule has 6 nitrogen and oxygen atoms in total. The molecule has 0 aliphatic carbocycles. The van der Waals surface area contributed by atoms with Crippen molar-refractivity contribution in [3.63, 3.8) is 0 Å². The minimum absolute atomic E-state index is 0. The first-order valence-corrected chi connectivity index (χ1v) is 17.3. The number of benzene rings is 5. The number of para-hydroxylation sites is 1. The first-order valence-electron chi connectivity index (χ1n) is 17.3. The van der Waals surface area contributed by atoms with Crippen LogP contribution in [0, 0.1) is 12.1 Å². The molecule has 0 fully saturated rings. The Kier molecular flexibility index (Phi) is 9.21. The van der Waals surface area contributed by atoms with E-state index >= 15 is 0 Å². The first kappa shape index (κ1) is 35.1. The Bertz CT molecular complexity index is 2540. The molecule has 0 atom stereocenters. The molecule has 0 saturated carbocycles. The van der Waals surface area contributed by atoms with E-state index < -0.39 is 0 Å². The van der Waals surface area contributed by atoms with Gasteiger partial charge in [0.2, 0.25) is 5.95 Å². The van der Waals surface area contributed by atoms with Gasteiger partial charge in [0.25, 0.3) is 0 Å². The normalized spacial score (nSPS) is 11.9. The predicted molar refractivity (Wildman–Crippen MR) is 206 cm³/mol. The van der Waals surface area contributed by atoms with Gasteiger partial charge >= 0.3 is 20.4 Å². The van der Waals surface area contributed by atoms with Crippen LogP contribution in [0.25, 0.3) is 56.0 Å². The van der Waals surface area contributed by atoms with Gasteiger partial charge in [-0.2, -0.15) is 6.07 Å². The summed E-state index contributed by atoms with van der Waals surface area (Å²) in [5.74, 6) is 2.52. The molecule has 0 saturated heterocycles. The molecule has 5 aromatic carbocycles. The maximum Gasteiger partial charge on any atom is 2.00 e. The van der Waals surface area contributed by atoms with Crippen molar-refractivity contribution in [1.29, 1.82) is 0 Å². The maximum atomic E-state index is 6.48. The smallest absolute Gasteiger partial charge is 0.503 e. The topological polar surface area (TPSA) is 57.8 Å². The van der Waals surface area contributed by atoms with Crippen molar-refractivity contribution in [1.82, 2.24) is 24.1 Å². The van der Waals surface area contributed by atoms with Gasteiger partial charge in [0.05, 0.1) is 11.5 Å². The summed E-state index contributed by atoms with van der Waals surface area (Å²) in [7, 11) is 0. The Labute approximate surface area is 318 Å². The summed E-state index contributed by atoms with van der Waals surface area (Å²) in [4.78, 5) is 14.5. The van der Waals surface area contributed by atoms with E-state index in [4.69, 9.17) is 19.7 Å². The quantitative estimate of drug-likeness (QED) is 0.125. The van der Waals surface area contributed by atoms with Gasteiger partial charge in [-0.25, -0.2) is 9.97 Å². The van der Waals surface area contributed by atoms with Crippen LogP contribution in [0.2, 0.25) is 0 Å². The summed E-state index contributed by atoms with van der Waals surface area (Å²) in [5, 5.41) is 2.15. The number of rotatable bonds is 6. The third-order valence-corrected chi connectivity index (χ3v) is 9.24. The first-order chi connectivity index (χ1) is 24.5. The van der Waals surface area contributed by atoms with Gasteiger partial charge in [-0.05, 0) is 46.2 Å². The van der Waals surface area contributed by atoms with Crippen LogP contribution < -0.4 is 4.74 Å². The van der Waals surface area contributed by atoms with Crippen LogP contribution in [-0.4, -0.2) is 24.1 Å². The van der Waals surface area contributed by atoms with E-state index in [9.17, 15) is 0 Å². The minimum Gasteiger partial charge on any atom is -0.503 e. The summed E-state index contributed by atoms with van der Waals surface area (Å²) in [5.41, 5.74) is 8.15. The van der Waals surface area contributed by atoms with Gasteiger partial charge in [-0.1, -0.05) is 108 Å². The molecule has 0 aliphatic rings. The number of hydrogen-bond donors (Lipinski definition) is 0. The number of hydrogen-bond acceptors (Lipinski definition) is 4. The van der Waals surface area contributed by atoms with Crippen LogP contribution in [0.15, 0.2) is 128 Å². The Morgan fingerprint density at radius 3 is 2.21 bits per heavy atom. The maximum absolute atomic E-state index is 6.48. The molecule has 8 rings (SSSR count). The average Bonchev–Trinajstić information content (AvgIpc) is 3.74. The molecule has 0 unspecified atom stereocenters. The molecular weight excluding hydrogens is 733 g/mol. The van der Waals surface area contributed by atoms with E-state index in [0.29, 0.717) is 17.4 Å². The largest absolute Gasteiger partial charge is 2.00 e. The molecule has 52 heavy (non-hydrogen) atoms. The summed E-state index contributed by atoms with van der Waals surface area (Å²) < 4.78 is 10.7. The number of fused-ring (bicyclic) bond motifs is 3. The van der Waals surface area contributed by atoms with E-state index in [1.807, 2.05) is 61.1 Å². The molecule has 8 aromatic rings. The van der Waals surface area contributed by atoms with Crippen LogP contribution in [-0.2, 0) is 31.3 Å². The molecule has 7 heteroatoms. The van der Waals surface area contributed by atoms with E-state index in [0.717, 1.165) is 55.7 Å². The zero-order chi connectivity index (χ0) is 35.3. The zero-order valence-corrected chi connectivity index (χ0v) is 31.6. The third kappa shape index (κ3) is 6.59. The van der Waals surface area contributed by atoms with Crippen LogP contribution in [0.1, 0.15) is 52.8 Å². The van der Waals surface area contributed by atoms with Crippen molar-refractivity contribution >= 4 is 21.8 Å². The predicted octanol–water partition coefficient (Wildman–Crippen LogP) is 11.1. The molecule has 0 bridgehead atoms. The Balaban J connectivity index is 0.00000420.